The van der Waals surface area contributed by atoms with Crippen LogP contribution in [0.3, 0.4) is 0 Å². The van der Waals surface area contributed by atoms with Crippen molar-refractivity contribution in [2.24, 2.45) is 0 Å². The van der Waals surface area contributed by atoms with Crippen molar-refractivity contribution in [3.63, 3.8) is 0 Å². The van der Waals surface area contributed by atoms with Gasteiger partial charge in [-0.2, -0.15) is 0 Å². The van der Waals surface area contributed by atoms with Crippen LogP contribution in [0.5, 0.6) is 11.5 Å². The molecule has 0 radical (unpaired) electrons. The molecule has 1 amide bonds. The van der Waals surface area contributed by atoms with E-state index in [4.69, 9.17) is 4.74 Å². The molecule has 116 valence electrons. The van der Waals surface area contributed by atoms with E-state index < -0.39 is 6.36 Å². The maximum Gasteiger partial charge on any atom is 0.573 e. The number of nitrogens with one attached hydrogen (secondary N) is 1. The van der Waals surface area contributed by atoms with E-state index in [0.29, 0.717) is 18.8 Å². The van der Waals surface area contributed by atoms with Gasteiger partial charge in [-0.3, -0.25) is 4.79 Å². The summed E-state index contributed by atoms with van der Waals surface area (Å²) in [6.07, 6.45) is -4.72. The Morgan fingerprint density at radius 3 is 2.29 bits per heavy atom. The Kier molecular flexibility index (Phi) is 4.89. The third kappa shape index (κ3) is 5.14. The van der Waals surface area contributed by atoms with Crippen molar-refractivity contribution >= 4 is 5.91 Å². The monoisotopic (exact) mass is 304 g/mol. The Balaban J connectivity index is 1.81. The third-order valence-corrected chi connectivity index (χ3v) is 2.89. The fourth-order valence-corrected chi connectivity index (χ4v) is 1.89. The Bertz CT molecular complexity index is 471. The van der Waals surface area contributed by atoms with Crippen molar-refractivity contribution in [2.45, 2.75) is 6.36 Å². The summed E-state index contributed by atoms with van der Waals surface area (Å²) >= 11 is 0. The number of hydrogen-bond acceptors (Lipinski definition) is 4. The largest absolute Gasteiger partial charge is 0.573 e. The molecule has 2 rings (SSSR count). The summed E-state index contributed by atoms with van der Waals surface area (Å²) in [5, 5.41) is 3.13. The topological polar surface area (TPSA) is 50.8 Å². The van der Waals surface area contributed by atoms with Gasteiger partial charge in [-0.15, -0.1) is 13.2 Å². The third-order valence-electron chi connectivity index (χ3n) is 2.89. The van der Waals surface area contributed by atoms with Gasteiger partial charge in [0.1, 0.15) is 11.5 Å². The second kappa shape index (κ2) is 6.66. The lowest BCUT2D eigenvalue weighted by Crippen LogP contribution is -2.47. The summed E-state index contributed by atoms with van der Waals surface area (Å²) < 4.78 is 45.0. The maximum atomic E-state index is 12.0. The van der Waals surface area contributed by atoms with Gasteiger partial charge in [0.25, 0.3) is 5.91 Å². The van der Waals surface area contributed by atoms with Gasteiger partial charge in [-0.25, -0.2) is 0 Å². The molecule has 0 saturated carbocycles. The molecule has 21 heavy (non-hydrogen) atoms. The highest BCUT2D eigenvalue weighted by Gasteiger charge is 2.31. The van der Waals surface area contributed by atoms with E-state index in [9.17, 15) is 18.0 Å². The molecule has 1 fully saturated rings. The summed E-state index contributed by atoms with van der Waals surface area (Å²) in [6, 6.07) is 4.93. The fourth-order valence-electron chi connectivity index (χ4n) is 1.89. The first kappa shape index (κ1) is 15.4. The average Bonchev–Trinajstić information content (AvgIpc) is 2.45. The van der Waals surface area contributed by atoms with Crippen molar-refractivity contribution in [3.05, 3.63) is 24.3 Å². The summed E-state index contributed by atoms with van der Waals surface area (Å²) in [5.41, 5.74) is 0. The van der Waals surface area contributed by atoms with Gasteiger partial charge >= 0.3 is 6.36 Å². The number of carbonyl (C=O) groups excluding carboxylic acids is 1. The molecule has 1 heterocycles. The number of benzene rings is 1. The molecule has 1 saturated heterocycles. The van der Waals surface area contributed by atoms with Gasteiger partial charge in [0.2, 0.25) is 0 Å². The number of alkyl halides is 3. The number of halogens is 3. The van der Waals surface area contributed by atoms with E-state index in [1.54, 1.807) is 4.90 Å². The van der Waals surface area contributed by atoms with Crippen molar-refractivity contribution in [3.8, 4) is 11.5 Å². The molecule has 0 spiro atoms. The van der Waals surface area contributed by atoms with E-state index in [1.807, 2.05) is 0 Å². The second-order valence-electron chi connectivity index (χ2n) is 4.44. The number of piperazine rings is 1. The predicted octanol–water partition coefficient (Wildman–Crippen LogP) is 1.40. The molecule has 0 aromatic heterocycles. The van der Waals surface area contributed by atoms with Crippen LogP contribution in [0, 0.1) is 0 Å². The zero-order chi connectivity index (χ0) is 15.3. The molecule has 1 aromatic carbocycles. The molecule has 0 aliphatic carbocycles. The molecular weight excluding hydrogens is 289 g/mol. The van der Waals surface area contributed by atoms with Gasteiger partial charge in [0, 0.05) is 26.2 Å². The quantitative estimate of drug-likeness (QED) is 0.913. The zero-order valence-electron chi connectivity index (χ0n) is 11.2. The molecule has 1 N–H and O–H groups in total. The number of ether oxygens (including phenoxy) is 2. The lowest BCUT2D eigenvalue weighted by atomic mass is 10.3. The molecule has 0 bridgehead atoms. The highest BCUT2D eigenvalue weighted by Crippen LogP contribution is 2.24. The lowest BCUT2D eigenvalue weighted by Gasteiger charge is -2.27. The smallest absolute Gasteiger partial charge is 0.484 e. The number of nitrogens with zero attached hydrogens (tertiary/aromatic N) is 1. The first-order valence-electron chi connectivity index (χ1n) is 6.41. The maximum absolute atomic E-state index is 12.0. The van der Waals surface area contributed by atoms with E-state index in [0.717, 1.165) is 25.2 Å². The van der Waals surface area contributed by atoms with Crippen LogP contribution in [0.25, 0.3) is 0 Å². The minimum absolute atomic E-state index is 0.139. The lowest BCUT2D eigenvalue weighted by molar-refractivity contribution is -0.274. The van der Waals surface area contributed by atoms with Gasteiger partial charge in [0.05, 0.1) is 0 Å². The summed E-state index contributed by atoms with van der Waals surface area (Å²) in [7, 11) is 0. The molecule has 5 nitrogen and oxygen atoms in total. The summed E-state index contributed by atoms with van der Waals surface area (Å²) in [5.74, 6) is -0.164. The van der Waals surface area contributed by atoms with E-state index >= 15 is 0 Å². The van der Waals surface area contributed by atoms with Gasteiger partial charge in [0.15, 0.2) is 6.61 Å². The van der Waals surface area contributed by atoms with Crippen LogP contribution in [0.1, 0.15) is 0 Å². The molecule has 8 heteroatoms. The Labute approximate surface area is 119 Å². The molecule has 0 atom stereocenters. The van der Waals surface area contributed by atoms with E-state index in [2.05, 4.69) is 10.1 Å². The average molecular weight is 304 g/mol. The van der Waals surface area contributed by atoms with Crippen molar-refractivity contribution in [1.82, 2.24) is 10.2 Å². The van der Waals surface area contributed by atoms with Gasteiger partial charge < -0.3 is 19.7 Å². The molecular formula is C13H15F3N2O3. The van der Waals surface area contributed by atoms with Crippen LogP contribution >= 0.6 is 0 Å². The first-order valence-corrected chi connectivity index (χ1v) is 6.41. The van der Waals surface area contributed by atoms with Crippen molar-refractivity contribution in [1.29, 1.82) is 0 Å². The van der Waals surface area contributed by atoms with E-state index in [1.165, 1.54) is 12.1 Å². The van der Waals surface area contributed by atoms with Crippen LogP contribution in [0.15, 0.2) is 24.3 Å². The Morgan fingerprint density at radius 1 is 1.14 bits per heavy atom. The highest BCUT2D eigenvalue weighted by molar-refractivity contribution is 5.77. The van der Waals surface area contributed by atoms with Crippen LogP contribution in [0.4, 0.5) is 13.2 Å². The molecule has 0 unspecified atom stereocenters. The summed E-state index contributed by atoms with van der Waals surface area (Å²) in [6.45, 7) is 2.60. The van der Waals surface area contributed by atoms with Crippen LogP contribution in [-0.2, 0) is 4.79 Å². The number of hydrogen-bond donors (Lipinski definition) is 1. The molecule has 1 aromatic rings. The minimum Gasteiger partial charge on any atom is -0.484 e. The standard InChI is InChI=1S/C13H15F3N2O3/c14-13(15,16)21-11-3-1-10(2-4-11)20-9-12(19)18-7-5-17-6-8-18/h1-4,17H,5-9H2. The predicted molar refractivity (Wildman–Crippen MR) is 68.1 cm³/mol. The number of amides is 1. The SMILES string of the molecule is O=C(COc1ccc(OC(F)(F)F)cc1)N1CCNCC1. The number of carbonyl (C=O) groups is 1. The molecule has 1 aliphatic rings. The first-order chi connectivity index (χ1) is 9.94. The molecule has 1 aliphatic heterocycles. The normalized spacial score (nSPS) is 15.7. The fraction of sp³-hybridized carbons (Fsp3) is 0.462. The van der Waals surface area contributed by atoms with Gasteiger partial charge in [-0.05, 0) is 24.3 Å². The minimum atomic E-state index is -4.72. The Morgan fingerprint density at radius 2 is 1.71 bits per heavy atom. The van der Waals surface area contributed by atoms with Crippen molar-refractivity contribution in [2.75, 3.05) is 32.8 Å². The van der Waals surface area contributed by atoms with Crippen molar-refractivity contribution < 1.29 is 27.4 Å². The van der Waals surface area contributed by atoms with Gasteiger partial charge in [-0.1, -0.05) is 0 Å². The second-order valence-corrected chi connectivity index (χ2v) is 4.44. The summed E-state index contributed by atoms with van der Waals surface area (Å²) in [4.78, 5) is 13.5. The van der Waals surface area contributed by atoms with Crippen LogP contribution in [0.2, 0.25) is 0 Å². The number of rotatable bonds is 4. The highest BCUT2D eigenvalue weighted by atomic mass is 19.4. The Hall–Kier alpha value is -1.96. The van der Waals surface area contributed by atoms with Crippen LogP contribution in [-0.4, -0.2) is 50.0 Å². The zero-order valence-corrected chi connectivity index (χ0v) is 11.2. The van der Waals surface area contributed by atoms with Crippen LogP contribution < -0.4 is 14.8 Å². The van der Waals surface area contributed by atoms with E-state index in [-0.39, 0.29) is 18.3 Å².